The van der Waals surface area contributed by atoms with Gasteiger partial charge in [0, 0.05) is 26.2 Å². The Bertz CT molecular complexity index is 903. The molecule has 162 valence electrons. The third kappa shape index (κ3) is 4.85. The molecule has 4 rings (SSSR count). The van der Waals surface area contributed by atoms with Crippen LogP contribution in [0.2, 0.25) is 0 Å². The van der Waals surface area contributed by atoms with Crippen LogP contribution in [0.5, 0.6) is 0 Å². The summed E-state index contributed by atoms with van der Waals surface area (Å²) in [7, 11) is 0. The van der Waals surface area contributed by atoms with Crippen LogP contribution in [0.25, 0.3) is 0 Å². The summed E-state index contributed by atoms with van der Waals surface area (Å²) in [5, 5.41) is 2.97. The summed E-state index contributed by atoms with van der Waals surface area (Å²) in [6.07, 6.45) is 4.34. The number of nitrogens with zero attached hydrogens (tertiary/aromatic N) is 1. The van der Waals surface area contributed by atoms with Gasteiger partial charge in [0.2, 0.25) is 5.91 Å². The summed E-state index contributed by atoms with van der Waals surface area (Å²) in [4.78, 5) is 40.3. The normalized spacial score (nSPS) is 17.5. The zero-order chi connectivity index (χ0) is 21.6. The van der Waals surface area contributed by atoms with Gasteiger partial charge in [0.05, 0.1) is 11.1 Å². The first-order valence-corrected chi connectivity index (χ1v) is 11.0. The number of hydrogen-bond acceptors (Lipinski definition) is 4. The molecule has 31 heavy (non-hydrogen) atoms. The molecule has 0 saturated carbocycles. The molecule has 2 aromatic rings. The van der Waals surface area contributed by atoms with Gasteiger partial charge in [0.25, 0.3) is 11.8 Å². The molecule has 1 saturated heterocycles. The van der Waals surface area contributed by atoms with Crippen molar-refractivity contribution in [1.82, 2.24) is 10.2 Å². The van der Waals surface area contributed by atoms with Crippen LogP contribution in [-0.4, -0.2) is 48.4 Å². The largest absolute Gasteiger partial charge is 0.381 e. The van der Waals surface area contributed by atoms with E-state index in [1.54, 1.807) is 24.3 Å². The number of fused-ring (bicyclic) bond motifs is 1. The number of benzene rings is 2. The first-order chi connectivity index (χ1) is 15.1. The van der Waals surface area contributed by atoms with Gasteiger partial charge >= 0.3 is 0 Å². The lowest BCUT2D eigenvalue weighted by molar-refractivity contribution is -0.125. The number of rotatable bonds is 8. The van der Waals surface area contributed by atoms with Gasteiger partial charge in [-0.05, 0) is 49.3 Å². The average Bonchev–Trinajstić information content (AvgIpc) is 3.06. The molecule has 0 spiro atoms. The fourth-order valence-electron chi connectivity index (χ4n) is 4.38. The molecule has 3 amide bonds. The van der Waals surface area contributed by atoms with Gasteiger partial charge < -0.3 is 10.1 Å². The number of hydrogen-bond donors (Lipinski definition) is 1. The highest BCUT2D eigenvalue weighted by atomic mass is 16.5. The van der Waals surface area contributed by atoms with E-state index < -0.39 is 17.9 Å². The summed E-state index contributed by atoms with van der Waals surface area (Å²) in [5.74, 6) is -0.454. The second-order valence-corrected chi connectivity index (χ2v) is 8.22. The number of carbonyl (C=O) groups excluding carboxylic acids is 3. The number of nitrogens with one attached hydrogen (secondary N) is 1. The van der Waals surface area contributed by atoms with Crippen molar-refractivity contribution < 1.29 is 19.1 Å². The van der Waals surface area contributed by atoms with Crippen molar-refractivity contribution in [1.29, 1.82) is 0 Å². The van der Waals surface area contributed by atoms with E-state index in [1.165, 1.54) is 0 Å². The van der Waals surface area contributed by atoms with E-state index in [0.717, 1.165) is 49.4 Å². The minimum Gasteiger partial charge on any atom is -0.381 e. The van der Waals surface area contributed by atoms with E-state index >= 15 is 0 Å². The molecule has 2 aliphatic heterocycles. The molecule has 1 atom stereocenters. The number of imide groups is 1. The Balaban J connectivity index is 1.45. The second-order valence-electron chi connectivity index (χ2n) is 8.22. The second kappa shape index (κ2) is 9.88. The van der Waals surface area contributed by atoms with Gasteiger partial charge in [-0.3, -0.25) is 19.3 Å². The Labute approximate surface area is 182 Å². The fraction of sp³-hybridized carbons (Fsp3) is 0.400. The minimum absolute atomic E-state index is 0.287. The van der Waals surface area contributed by atoms with Gasteiger partial charge in [-0.25, -0.2) is 0 Å². The Morgan fingerprint density at radius 2 is 1.58 bits per heavy atom. The Hall–Kier alpha value is -2.99. The third-order valence-electron chi connectivity index (χ3n) is 6.14. The number of amides is 3. The topological polar surface area (TPSA) is 75.7 Å². The maximum Gasteiger partial charge on any atom is 0.262 e. The minimum atomic E-state index is -0.877. The molecule has 6 heteroatoms. The van der Waals surface area contributed by atoms with Crippen LogP contribution >= 0.6 is 0 Å². The standard InChI is InChI=1S/C25H28N2O4/c28-23(26-14-6-9-18-12-15-31-16-13-18)22(17-19-7-2-1-3-8-19)27-24(29)20-10-4-5-11-21(20)25(27)30/h1-5,7-8,10-11,18,22H,6,9,12-17H2,(H,26,28). The maximum atomic E-state index is 13.2. The summed E-state index contributed by atoms with van der Waals surface area (Å²) in [6.45, 7) is 2.16. The first-order valence-electron chi connectivity index (χ1n) is 11.0. The van der Waals surface area contributed by atoms with Crippen LogP contribution < -0.4 is 5.32 Å². The van der Waals surface area contributed by atoms with E-state index in [0.29, 0.717) is 23.6 Å². The van der Waals surface area contributed by atoms with E-state index in [2.05, 4.69) is 5.32 Å². The van der Waals surface area contributed by atoms with Crippen LogP contribution in [-0.2, 0) is 16.0 Å². The Morgan fingerprint density at radius 3 is 2.23 bits per heavy atom. The SMILES string of the molecule is O=C(NCCCC1CCOCC1)C(Cc1ccccc1)N1C(=O)c2ccccc2C1=O. The molecule has 2 heterocycles. The van der Waals surface area contributed by atoms with Crippen molar-refractivity contribution in [3.05, 3.63) is 71.3 Å². The molecule has 1 fully saturated rings. The highest BCUT2D eigenvalue weighted by Crippen LogP contribution is 2.26. The molecular weight excluding hydrogens is 392 g/mol. The summed E-state index contributed by atoms with van der Waals surface area (Å²) in [5.41, 5.74) is 1.62. The zero-order valence-corrected chi connectivity index (χ0v) is 17.6. The molecule has 0 aliphatic carbocycles. The maximum absolute atomic E-state index is 13.2. The highest BCUT2D eigenvalue weighted by Gasteiger charge is 2.42. The van der Waals surface area contributed by atoms with Gasteiger partial charge in [0.15, 0.2) is 0 Å². The lowest BCUT2D eigenvalue weighted by atomic mass is 9.95. The number of ether oxygens (including phenoxy) is 1. The van der Waals surface area contributed by atoms with Crippen LogP contribution in [0, 0.1) is 5.92 Å². The molecule has 0 radical (unpaired) electrons. The van der Waals surface area contributed by atoms with Crippen molar-refractivity contribution in [3.8, 4) is 0 Å². The third-order valence-corrected chi connectivity index (χ3v) is 6.14. The van der Waals surface area contributed by atoms with Gasteiger partial charge in [-0.2, -0.15) is 0 Å². The van der Waals surface area contributed by atoms with Crippen molar-refractivity contribution in [2.24, 2.45) is 5.92 Å². The predicted molar refractivity (Wildman–Crippen MR) is 117 cm³/mol. The van der Waals surface area contributed by atoms with Crippen molar-refractivity contribution >= 4 is 17.7 Å². The summed E-state index contributed by atoms with van der Waals surface area (Å²) >= 11 is 0. The van der Waals surface area contributed by atoms with Crippen LogP contribution in [0.15, 0.2) is 54.6 Å². The van der Waals surface area contributed by atoms with E-state index in [4.69, 9.17) is 4.74 Å². The smallest absolute Gasteiger partial charge is 0.262 e. The molecule has 0 aromatic heterocycles. The molecular formula is C25H28N2O4. The van der Waals surface area contributed by atoms with Gasteiger partial charge in [-0.1, -0.05) is 42.5 Å². The molecule has 1 N–H and O–H groups in total. The van der Waals surface area contributed by atoms with Gasteiger partial charge in [-0.15, -0.1) is 0 Å². The zero-order valence-electron chi connectivity index (χ0n) is 17.6. The highest BCUT2D eigenvalue weighted by molar-refractivity contribution is 6.22. The Morgan fingerprint density at radius 1 is 0.968 bits per heavy atom. The van der Waals surface area contributed by atoms with Crippen molar-refractivity contribution in [2.75, 3.05) is 19.8 Å². The van der Waals surface area contributed by atoms with Crippen molar-refractivity contribution in [2.45, 2.75) is 38.1 Å². The lowest BCUT2D eigenvalue weighted by Crippen LogP contribution is -2.51. The first kappa shape index (κ1) is 21.2. The lowest BCUT2D eigenvalue weighted by Gasteiger charge is -2.26. The quantitative estimate of drug-likeness (QED) is 0.526. The summed E-state index contributed by atoms with van der Waals surface area (Å²) in [6, 6.07) is 15.4. The van der Waals surface area contributed by atoms with E-state index in [9.17, 15) is 14.4 Å². The molecule has 2 aromatic carbocycles. The molecule has 6 nitrogen and oxygen atoms in total. The van der Waals surface area contributed by atoms with Crippen LogP contribution in [0.1, 0.15) is 52.0 Å². The van der Waals surface area contributed by atoms with Gasteiger partial charge in [0.1, 0.15) is 6.04 Å². The van der Waals surface area contributed by atoms with Crippen molar-refractivity contribution in [3.63, 3.8) is 0 Å². The molecule has 2 aliphatic rings. The monoisotopic (exact) mass is 420 g/mol. The average molecular weight is 421 g/mol. The van der Waals surface area contributed by atoms with Crippen LogP contribution in [0.3, 0.4) is 0 Å². The van der Waals surface area contributed by atoms with Crippen LogP contribution in [0.4, 0.5) is 0 Å². The van der Waals surface area contributed by atoms with E-state index in [-0.39, 0.29) is 12.3 Å². The summed E-state index contributed by atoms with van der Waals surface area (Å²) < 4.78 is 5.40. The molecule has 0 bridgehead atoms. The predicted octanol–water partition coefficient (Wildman–Crippen LogP) is 3.22. The number of carbonyl (C=O) groups is 3. The molecule has 1 unspecified atom stereocenters. The fourth-order valence-corrected chi connectivity index (χ4v) is 4.38. The van der Waals surface area contributed by atoms with E-state index in [1.807, 2.05) is 30.3 Å². The Kier molecular flexibility index (Phi) is 6.77.